The van der Waals surface area contributed by atoms with Crippen molar-refractivity contribution >= 4 is 16.8 Å². The van der Waals surface area contributed by atoms with E-state index >= 15 is 0 Å². The Kier molecular flexibility index (Phi) is 3.19. The Balaban J connectivity index is 1.66. The van der Waals surface area contributed by atoms with Crippen molar-refractivity contribution in [3.05, 3.63) is 24.1 Å². The van der Waals surface area contributed by atoms with Crippen molar-refractivity contribution in [1.82, 2.24) is 4.98 Å². The standard InChI is InChI=1S/C14H18N2O2/c1-10-16-13-7-12(4-5-14(13)18-10)15-8-11-3-2-6-17-9-11/h4-5,7,11,15H,2-3,6,8-9H2,1H3. The zero-order chi connectivity index (χ0) is 12.4. The molecule has 4 nitrogen and oxygen atoms in total. The van der Waals surface area contributed by atoms with Crippen molar-refractivity contribution in [2.24, 2.45) is 5.92 Å². The fourth-order valence-electron chi connectivity index (χ4n) is 2.38. The number of aryl methyl sites for hydroxylation is 1. The van der Waals surface area contributed by atoms with E-state index in [4.69, 9.17) is 9.15 Å². The number of nitrogens with zero attached hydrogens (tertiary/aromatic N) is 1. The lowest BCUT2D eigenvalue weighted by Gasteiger charge is -2.22. The number of benzene rings is 1. The Bertz CT molecular complexity index is 530. The van der Waals surface area contributed by atoms with Gasteiger partial charge in [-0.25, -0.2) is 4.98 Å². The van der Waals surface area contributed by atoms with Gasteiger partial charge in [-0.15, -0.1) is 0 Å². The smallest absolute Gasteiger partial charge is 0.192 e. The predicted molar refractivity (Wildman–Crippen MR) is 70.8 cm³/mol. The molecule has 3 rings (SSSR count). The van der Waals surface area contributed by atoms with Gasteiger partial charge >= 0.3 is 0 Å². The summed E-state index contributed by atoms with van der Waals surface area (Å²) in [6.45, 7) is 4.62. The van der Waals surface area contributed by atoms with E-state index in [1.54, 1.807) is 0 Å². The lowest BCUT2D eigenvalue weighted by Crippen LogP contribution is -2.24. The largest absolute Gasteiger partial charge is 0.441 e. The van der Waals surface area contributed by atoms with Crippen LogP contribution in [-0.2, 0) is 4.74 Å². The molecule has 0 radical (unpaired) electrons. The van der Waals surface area contributed by atoms with Gasteiger partial charge < -0.3 is 14.5 Å². The molecule has 1 N–H and O–H groups in total. The molecule has 18 heavy (non-hydrogen) atoms. The van der Waals surface area contributed by atoms with Crippen LogP contribution < -0.4 is 5.32 Å². The van der Waals surface area contributed by atoms with E-state index in [-0.39, 0.29) is 0 Å². The van der Waals surface area contributed by atoms with E-state index in [9.17, 15) is 0 Å². The minimum atomic E-state index is 0.619. The van der Waals surface area contributed by atoms with Gasteiger partial charge in [-0.3, -0.25) is 0 Å². The molecule has 0 amide bonds. The lowest BCUT2D eigenvalue weighted by molar-refractivity contribution is 0.0595. The Labute approximate surface area is 106 Å². The number of aromatic nitrogens is 1. The van der Waals surface area contributed by atoms with Crippen molar-refractivity contribution in [3.63, 3.8) is 0 Å². The van der Waals surface area contributed by atoms with E-state index in [0.717, 1.165) is 36.5 Å². The Morgan fingerprint density at radius 2 is 2.39 bits per heavy atom. The summed E-state index contributed by atoms with van der Waals surface area (Å²) in [4.78, 5) is 4.34. The Morgan fingerprint density at radius 3 is 3.22 bits per heavy atom. The summed E-state index contributed by atoms with van der Waals surface area (Å²) in [6, 6.07) is 6.04. The third kappa shape index (κ3) is 2.48. The highest BCUT2D eigenvalue weighted by atomic mass is 16.5. The number of ether oxygens (including phenoxy) is 1. The molecule has 1 saturated heterocycles. The number of oxazole rings is 1. The van der Waals surface area contributed by atoms with Crippen molar-refractivity contribution in [1.29, 1.82) is 0 Å². The van der Waals surface area contributed by atoms with Crippen LogP contribution in [0.25, 0.3) is 11.1 Å². The highest BCUT2D eigenvalue weighted by molar-refractivity contribution is 5.77. The monoisotopic (exact) mass is 246 g/mol. The number of nitrogens with one attached hydrogen (secondary N) is 1. The molecular formula is C14H18N2O2. The van der Waals surface area contributed by atoms with Gasteiger partial charge in [0.2, 0.25) is 0 Å². The second-order valence-corrected chi connectivity index (χ2v) is 4.88. The number of anilines is 1. The molecule has 0 aliphatic carbocycles. The minimum absolute atomic E-state index is 0.619. The first-order chi connectivity index (χ1) is 8.81. The molecule has 4 heteroatoms. The van der Waals surface area contributed by atoms with Crippen LogP contribution in [0, 0.1) is 12.8 Å². The summed E-state index contributed by atoms with van der Waals surface area (Å²) in [5.41, 5.74) is 2.86. The maximum atomic E-state index is 5.48. The lowest BCUT2D eigenvalue weighted by atomic mass is 10.0. The molecule has 2 aromatic rings. The van der Waals surface area contributed by atoms with Gasteiger partial charge in [-0.1, -0.05) is 0 Å². The summed E-state index contributed by atoms with van der Waals surface area (Å²) in [5.74, 6) is 1.33. The normalized spacial score (nSPS) is 20.2. The molecule has 0 spiro atoms. The van der Waals surface area contributed by atoms with E-state index in [1.807, 2.05) is 25.1 Å². The van der Waals surface area contributed by atoms with Crippen LogP contribution in [0.3, 0.4) is 0 Å². The molecule has 0 saturated carbocycles. The topological polar surface area (TPSA) is 47.3 Å². The van der Waals surface area contributed by atoms with Crippen LogP contribution in [0.1, 0.15) is 18.7 Å². The SMILES string of the molecule is Cc1nc2cc(NCC3CCCOC3)ccc2o1. The van der Waals surface area contributed by atoms with Crippen molar-refractivity contribution in [2.75, 3.05) is 25.1 Å². The third-order valence-corrected chi connectivity index (χ3v) is 3.34. The number of rotatable bonds is 3. The van der Waals surface area contributed by atoms with Crippen LogP contribution in [-0.4, -0.2) is 24.7 Å². The summed E-state index contributed by atoms with van der Waals surface area (Å²) in [7, 11) is 0. The van der Waals surface area contributed by atoms with Gasteiger partial charge in [-0.2, -0.15) is 0 Å². The average molecular weight is 246 g/mol. The number of hydrogen-bond acceptors (Lipinski definition) is 4. The molecule has 1 aliphatic rings. The zero-order valence-corrected chi connectivity index (χ0v) is 10.6. The van der Waals surface area contributed by atoms with Crippen molar-refractivity contribution in [2.45, 2.75) is 19.8 Å². The summed E-state index contributed by atoms with van der Waals surface area (Å²) < 4.78 is 10.9. The van der Waals surface area contributed by atoms with Crippen molar-refractivity contribution in [3.8, 4) is 0 Å². The van der Waals surface area contributed by atoms with E-state index in [1.165, 1.54) is 12.8 Å². The molecule has 1 aromatic heterocycles. The highest BCUT2D eigenvalue weighted by Gasteiger charge is 2.13. The molecule has 0 bridgehead atoms. The van der Waals surface area contributed by atoms with Gasteiger partial charge in [0.05, 0.1) is 6.61 Å². The second-order valence-electron chi connectivity index (χ2n) is 4.88. The van der Waals surface area contributed by atoms with Gasteiger partial charge in [-0.05, 0) is 37.0 Å². The van der Waals surface area contributed by atoms with Gasteiger partial charge in [0.15, 0.2) is 11.5 Å². The second kappa shape index (κ2) is 4.98. The molecule has 1 fully saturated rings. The quantitative estimate of drug-likeness (QED) is 0.904. The minimum Gasteiger partial charge on any atom is -0.441 e. The van der Waals surface area contributed by atoms with Crippen LogP contribution in [0.4, 0.5) is 5.69 Å². The molecule has 1 atom stereocenters. The first-order valence-corrected chi connectivity index (χ1v) is 6.50. The maximum Gasteiger partial charge on any atom is 0.192 e. The summed E-state index contributed by atoms with van der Waals surface area (Å²) >= 11 is 0. The van der Waals surface area contributed by atoms with Gasteiger partial charge in [0.25, 0.3) is 0 Å². The van der Waals surface area contributed by atoms with Crippen molar-refractivity contribution < 1.29 is 9.15 Å². The fraction of sp³-hybridized carbons (Fsp3) is 0.500. The van der Waals surface area contributed by atoms with Gasteiger partial charge in [0.1, 0.15) is 5.52 Å². The first-order valence-electron chi connectivity index (χ1n) is 6.50. The van der Waals surface area contributed by atoms with Crippen LogP contribution >= 0.6 is 0 Å². The van der Waals surface area contributed by atoms with Crippen LogP contribution in [0.5, 0.6) is 0 Å². The fourth-order valence-corrected chi connectivity index (χ4v) is 2.38. The molecule has 2 heterocycles. The molecule has 1 unspecified atom stereocenters. The van der Waals surface area contributed by atoms with Crippen LogP contribution in [0.15, 0.2) is 22.6 Å². The average Bonchev–Trinajstić information content (AvgIpc) is 2.77. The number of hydrogen-bond donors (Lipinski definition) is 1. The molecule has 1 aromatic carbocycles. The van der Waals surface area contributed by atoms with Gasteiger partial charge in [0, 0.05) is 25.8 Å². The van der Waals surface area contributed by atoms with E-state index < -0.39 is 0 Å². The molecule has 1 aliphatic heterocycles. The van der Waals surface area contributed by atoms with E-state index in [2.05, 4.69) is 10.3 Å². The first kappa shape index (κ1) is 11.5. The zero-order valence-electron chi connectivity index (χ0n) is 10.6. The summed E-state index contributed by atoms with van der Waals surface area (Å²) in [6.07, 6.45) is 2.42. The number of fused-ring (bicyclic) bond motifs is 1. The molecular weight excluding hydrogens is 228 g/mol. The van der Waals surface area contributed by atoms with E-state index in [0.29, 0.717) is 11.8 Å². The predicted octanol–water partition coefficient (Wildman–Crippen LogP) is 2.97. The molecule has 96 valence electrons. The third-order valence-electron chi connectivity index (χ3n) is 3.34. The maximum absolute atomic E-state index is 5.48. The Morgan fingerprint density at radius 1 is 1.44 bits per heavy atom. The Hall–Kier alpha value is -1.55. The van der Waals surface area contributed by atoms with Crippen LogP contribution in [0.2, 0.25) is 0 Å². The highest BCUT2D eigenvalue weighted by Crippen LogP contribution is 2.21. The summed E-state index contributed by atoms with van der Waals surface area (Å²) in [5, 5.41) is 3.45.